The third-order valence-corrected chi connectivity index (χ3v) is 2.10. The van der Waals surface area contributed by atoms with Crippen LogP contribution in [0.2, 0.25) is 0 Å². The van der Waals surface area contributed by atoms with Crippen molar-refractivity contribution in [3.8, 4) is 0 Å². The van der Waals surface area contributed by atoms with Crippen molar-refractivity contribution >= 4 is 17.3 Å². The Morgan fingerprint density at radius 1 is 1.59 bits per heavy atom. The third-order valence-electron chi connectivity index (χ3n) is 2.10. The van der Waals surface area contributed by atoms with E-state index in [-0.39, 0.29) is 23.4 Å². The zero-order valence-corrected chi connectivity index (χ0v) is 9.51. The molecular formula is C8H14N6O3. The van der Waals surface area contributed by atoms with Crippen molar-refractivity contribution in [3.63, 3.8) is 0 Å². The molecular weight excluding hydrogens is 228 g/mol. The molecule has 9 nitrogen and oxygen atoms in total. The Morgan fingerprint density at radius 2 is 2.24 bits per heavy atom. The molecule has 0 spiro atoms. The average molecular weight is 242 g/mol. The zero-order chi connectivity index (χ0) is 12.8. The number of nitrogen functional groups attached to an aromatic ring is 1. The number of rotatable bonds is 6. The Balaban J connectivity index is 2.94. The lowest BCUT2D eigenvalue weighted by Crippen LogP contribution is -2.20. The first kappa shape index (κ1) is 13.1. The van der Waals surface area contributed by atoms with Crippen LogP contribution in [0.4, 0.5) is 17.3 Å². The van der Waals surface area contributed by atoms with E-state index >= 15 is 0 Å². The second-order valence-corrected chi connectivity index (χ2v) is 3.25. The maximum absolute atomic E-state index is 10.9. The number of nitrogens with two attached hydrogens (primary N) is 1. The quantitative estimate of drug-likeness (QED) is 0.364. The Labute approximate surface area is 97.5 Å². The molecule has 0 aliphatic carbocycles. The number of hydrazine groups is 1. The third kappa shape index (κ3) is 3.23. The van der Waals surface area contributed by atoms with Gasteiger partial charge in [0.1, 0.15) is 6.33 Å². The largest absolute Gasteiger partial charge is 0.380 e. The highest BCUT2D eigenvalue weighted by Crippen LogP contribution is 2.27. The number of ether oxygens (including phenoxy) is 1. The normalized spacial score (nSPS) is 11.9. The van der Waals surface area contributed by atoms with Crippen LogP contribution in [0, 0.1) is 10.1 Å². The van der Waals surface area contributed by atoms with E-state index in [1.807, 2.05) is 6.92 Å². The molecule has 9 heteroatoms. The van der Waals surface area contributed by atoms with E-state index in [1.165, 1.54) is 6.33 Å². The van der Waals surface area contributed by atoms with Crippen molar-refractivity contribution in [1.29, 1.82) is 0 Å². The van der Waals surface area contributed by atoms with Crippen LogP contribution < -0.4 is 16.6 Å². The summed E-state index contributed by atoms with van der Waals surface area (Å²) in [6.07, 6.45) is 1.08. The van der Waals surface area contributed by atoms with Crippen molar-refractivity contribution in [1.82, 2.24) is 9.97 Å². The predicted molar refractivity (Wildman–Crippen MR) is 61.5 cm³/mol. The van der Waals surface area contributed by atoms with E-state index < -0.39 is 4.92 Å². The summed E-state index contributed by atoms with van der Waals surface area (Å²) in [4.78, 5) is 17.7. The van der Waals surface area contributed by atoms with Gasteiger partial charge in [-0.2, -0.15) is 0 Å². The van der Waals surface area contributed by atoms with Crippen LogP contribution >= 0.6 is 0 Å². The van der Waals surface area contributed by atoms with E-state index in [1.54, 1.807) is 7.11 Å². The number of nitrogens with zero attached hydrogens (tertiary/aromatic N) is 3. The highest BCUT2D eigenvalue weighted by Gasteiger charge is 2.22. The molecule has 17 heavy (non-hydrogen) atoms. The molecule has 1 aromatic rings. The van der Waals surface area contributed by atoms with Gasteiger partial charge in [0, 0.05) is 13.7 Å². The number of hydrogen-bond donors (Lipinski definition) is 3. The van der Waals surface area contributed by atoms with Crippen molar-refractivity contribution in [2.75, 3.05) is 24.4 Å². The summed E-state index contributed by atoms with van der Waals surface area (Å²) in [5.74, 6) is 5.20. The predicted octanol–water partition coefficient (Wildman–Crippen LogP) is 0.117. The fourth-order valence-electron chi connectivity index (χ4n) is 1.11. The standard InChI is InChI=1S/C8H14N6O3/c1-5(17-2)3-10-7-6(14(15)16)8(13-9)12-4-11-7/h4-5H,3,9H2,1-2H3,(H2,10,11,12,13). The van der Waals surface area contributed by atoms with Crippen LogP contribution in [0.5, 0.6) is 0 Å². The maximum Gasteiger partial charge on any atom is 0.354 e. The number of nitro groups is 1. The molecule has 0 bridgehead atoms. The van der Waals surface area contributed by atoms with Crippen LogP contribution in [-0.4, -0.2) is 34.6 Å². The first-order valence-electron chi connectivity index (χ1n) is 4.82. The number of hydrogen-bond acceptors (Lipinski definition) is 8. The van der Waals surface area contributed by atoms with Gasteiger partial charge in [-0.1, -0.05) is 0 Å². The fourth-order valence-corrected chi connectivity index (χ4v) is 1.11. The molecule has 0 saturated carbocycles. The van der Waals surface area contributed by atoms with Gasteiger partial charge >= 0.3 is 5.69 Å². The zero-order valence-electron chi connectivity index (χ0n) is 9.51. The molecule has 1 aromatic heterocycles. The molecule has 4 N–H and O–H groups in total. The van der Waals surface area contributed by atoms with E-state index in [4.69, 9.17) is 10.6 Å². The smallest absolute Gasteiger partial charge is 0.354 e. The lowest BCUT2D eigenvalue weighted by Gasteiger charge is -2.11. The van der Waals surface area contributed by atoms with Gasteiger partial charge in [0.2, 0.25) is 11.6 Å². The minimum absolute atomic E-state index is 0.0439. The van der Waals surface area contributed by atoms with Gasteiger partial charge in [-0.3, -0.25) is 10.1 Å². The molecule has 0 saturated heterocycles. The molecule has 0 aromatic carbocycles. The Bertz CT molecular complexity index is 399. The summed E-state index contributed by atoms with van der Waals surface area (Å²) < 4.78 is 5.01. The van der Waals surface area contributed by atoms with Crippen molar-refractivity contribution in [3.05, 3.63) is 16.4 Å². The van der Waals surface area contributed by atoms with Gasteiger partial charge in [0.25, 0.3) is 0 Å². The van der Waals surface area contributed by atoms with E-state index in [0.29, 0.717) is 6.54 Å². The lowest BCUT2D eigenvalue weighted by atomic mass is 10.3. The van der Waals surface area contributed by atoms with E-state index in [2.05, 4.69) is 20.7 Å². The summed E-state index contributed by atoms with van der Waals surface area (Å²) in [6.45, 7) is 2.21. The molecule has 0 aliphatic heterocycles. The van der Waals surface area contributed by atoms with Gasteiger partial charge in [0.15, 0.2) is 0 Å². The minimum atomic E-state index is -0.602. The van der Waals surface area contributed by atoms with Crippen molar-refractivity contribution in [2.24, 2.45) is 5.84 Å². The second kappa shape index (κ2) is 5.92. The first-order chi connectivity index (χ1) is 8.10. The van der Waals surface area contributed by atoms with E-state index in [9.17, 15) is 10.1 Å². The molecule has 0 amide bonds. The molecule has 0 fully saturated rings. The SMILES string of the molecule is COC(C)CNc1ncnc(NN)c1[N+](=O)[O-]. The van der Waals surface area contributed by atoms with Crippen LogP contribution in [0.1, 0.15) is 6.92 Å². The van der Waals surface area contributed by atoms with Gasteiger partial charge in [-0.15, -0.1) is 0 Å². The molecule has 94 valence electrons. The fraction of sp³-hybridized carbons (Fsp3) is 0.500. The van der Waals surface area contributed by atoms with Crippen LogP contribution in [0.25, 0.3) is 0 Å². The van der Waals surface area contributed by atoms with Gasteiger partial charge in [-0.25, -0.2) is 15.8 Å². The van der Waals surface area contributed by atoms with Gasteiger partial charge in [0.05, 0.1) is 11.0 Å². The topological polar surface area (TPSA) is 128 Å². The lowest BCUT2D eigenvalue weighted by molar-refractivity contribution is -0.383. The van der Waals surface area contributed by atoms with Gasteiger partial charge in [-0.05, 0) is 6.92 Å². The summed E-state index contributed by atoms with van der Waals surface area (Å²) in [6, 6.07) is 0. The van der Waals surface area contributed by atoms with Crippen molar-refractivity contribution < 1.29 is 9.66 Å². The summed E-state index contributed by atoms with van der Waals surface area (Å²) >= 11 is 0. The van der Waals surface area contributed by atoms with Crippen LogP contribution in [0.15, 0.2) is 6.33 Å². The highest BCUT2D eigenvalue weighted by atomic mass is 16.6. The number of nitrogens with one attached hydrogen (secondary N) is 2. The van der Waals surface area contributed by atoms with Crippen LogP contribution in [-0.2, 0) is 4.74 Å². The number of aromatic nitrogens is 2. The highest BCUT2D eigenvalue weighted by molar-refractivity contribution is 5.68. The Morgan fingerprint density at radius 3 is 2.76 bits per heavy atom. The Hall–Kier alpha value is -2.00. The molecule has 1 heterocycles. The monoisotopic (exact) mass is 242 g/mol. The molecule has 1 atom stereocenters. The summed E-state index contributed by atoms with van der Waals surface area (Å²) in [5.41, 5.74) is 1.86. The summed E-state index contributed by atoms with van der Waals surface area (Å²) in [7, 11) is 1.55. The number of methoxy groups -OCH3 is 1. The van der Waals surface area contributed by atoms with Crippen molar-refractivity contribution in [2.45, 2.75) is 13.0 Å². The van der Waals surface area contributed by atoms with Crippen LogP contribution in [0.3, 0.4) is 0 Å². The number of anilines is 2. The Kier molecular flexibility index (Phi) is 4.55. The molecule has 1 rings (SSSR count). The van der Waals surface area contributed by atoms with E-state index in [0.717, 1.165) is 0 Å². The second-order valence-electron chi connectivity index (χ2n) is 3.25. The summed E-state index contributed by atoms with van der Waals surface area (Å²) in [5, 5.41) is 13.7. The molecule has 0 radical (unpaired) electrons. The van der Waals surface area contributed by atoms with Gasteiger partial charge < -0.3 is 15.5 Å². The molecule has 0 aliphatic rings. The maximum atomic E-state index is 10.9. The average Bonchev–Trinajstić information content (AvgIpc) is 2.34. The first-order valence-corrected chi connectivity index (χ1v) is 4.82. The molecule has 1 unspecified atom stereocenters. The minimum Gasteiger partial charge on any atom is -0.380 e.